The van der Waals surface area contributed by atoms with Crippen molar-refractivity contribution in [2.45, 2.75) is 83.4 Å². The summed E-state index contributed by atoms with van der Waals surface area (Å²) < 4.78 is 414. The first-order valence-electron chi connectivity index (χ1n) is 16.6. The molecule has 0 N–H and O–H groups in total. The van der Waals surface area contributed by atoms with Gasteiger partial charge in [-0.25, -0.2) is 0 Å². The molecule has 0 heterocycles. The summed E-state index contributed by atoms with van der Waals surface area (Å²) in [6.07, 6.45) is -15.6. The third-order valence-electron chi connectivity index (χ3n) is 8.83. The Morgan fingerprint density at radius 3 is 0.746 bits per heavy atom. The minimum absolute atomic E-state index is 0.0551. The molecular weight excluding hydrogens is 1040 g/mol. The van der Waals surface area contributed by atoms with Crippen LogP contribution in [0.15, 0.2) is 78.9 Å². The summed E-state index contributed by atoms with van der Waals surface area (Å²) in [5.74, 6) is -98.8. The molecule has 3 aromatic rings. The number of alkyl halides is 30. The molecule has 0 unspecified atom stereocenters. The van der Waals surface area contributed by atoms with E-state index in [1.807, 2.05) is 0 Å². The second-order valence-corrected chi connectivity index (χ2v) is 15.6. The fraction of sp³-hybridized carbons (Fsp3) is 0.471. The molecule has 0 bridgehead atoms. The molecule has 3 aromatic carbocycles. The Hall–Kier alpha value is -4.41. The molecule has 0 fully saturated rings. The molecule has 0 aromatic heterocycles. The highest BCUT2D eigenvalue weighted by Crippen LogP contribution is 2.64. The van der Waals surface area contributed by atoms with Crippen molar-refractivity contribution in [3.05, 3.63) is 78.9 Å². The number of halogens is 30. The van der Waals surface area contributed by atoms with E-state index in [0.717, 1.165) is 24.3 Å². The molecule has 0 aliphatic carbocycles. The van der Waals surface area contributed by atoms with Crippen LogP contribution in [0.4, 0.5) is 132 Å². The van der Waals surface area contributed by atoms with Gasteiger partial charge < -0.3 is 9.47 Å². The molecule has 380 valence electrons. The zero-order valence-corrected chi connectivity index (χ0v) is 31.9. The van der Waals surface area contributed by atoms with Crippen LogP contribution in [0.1, 0.15) is 0 Å². The summed E-state index contributed by atoms with van der Waals surface area (Å²) in [4.78, 5) is 0. The largest absolute Gasteiger partial charge is 0.487 e. The summed E-state index contributed by atoms with van der Waals surface area (Å²) in [5, 5.41) is 0.102. The van der Waals surface area contributed by atoms with Gasteiger partial charge in [0.25, 0.3) is 0 Å². The lowest BCUT2D eigenvalue weighted by atomic mass is 9.91. The molecule has 0 amide bonds. The number of ether oxygens (including phenoxy) is 2. The van der Waals surface area contributed by atoms with Crippen LogP contribution < -0.4 is 25.4 Å². The van der Waals surface area contributed by atoms with E-state index >= 15 is 0 Å². The van der Waals surface area contributed by atoms with Crippen LogP contribution in [0.2, 0.25) is 0 Å². The van der Waals surface area contributed by atoms with Gasteiger partial charge in [-0.15, -0.1) is 0 Å². The van der Waals surface area contributed by atoms with E-state index in [1.54, 1.807) is 0 Å². The number of benzene rings is 3. The fourth-order valence-corrected chi connectivity index (χ4v) is 7.19. The molecular formula is C34H17F30O2P. The molecule has 0 radical (unpaired) electrons. The summed E-state index contributed by atoms with van der Waals surface area (Å²) in [5.41, 5.74) is 0. The van der Waals surface area contributed by atoms with Gasteiger partial charge in [0, 0.05) is 0 Å². The fourth-order valence-electron chi connectivity index (χ4n) is 4.93. The Kier molecular flexibility index (Phi) is 14.6. The summed E-state index contributed by atoms with van der Waals surface area (Å²) in [6, 6.07) is 12.1. The average molecular weight is 1060 g/mol. The van der Waals surface area contributed by atoms with Crippen molar-refractivity contribution in [2.24, 2.45) is 0 Å². The molecule has 0 saturated carbocycles. The van der Waals surface area contributed by atoms with Crippen molar-refractivity contribution in [1.82, 2.24) is 0 Å². The lowest BCUT2D eigenvalue weighted by Gasteiger charge is -2.41. The number of rotatable bonds is 19. The molecule has 0 spiro atoms. The lowest BCUT2D eigenvalue weighted by Crippen LogP contribution is -2.73. The molecule has 2 nitrogen and oxygen atoms in total. The molecule has 33 heteroatoms. The maximum Gasteiger partial charge on any atom is 0.460 e. The monoisotopic (exact) mass is 1060 g/mol. The van der Waals surface area contributed by atoms with Crippen molar-refractivity contribution >= 4 is 23.8 Å². The summed E-state index contributed by atoms with van der Waals surface area (Å²) >= 11 is 0. The number of hydrogen-bond donors (Lipinski definition) is 0. The third kappa shape index (κ3) is 9.03. The molecule has 3 rings (SSSR count). The van der Waals surface area contributed by atoms with Crippen LogP contribution in [0.3, 0.4) is 0 Å². The molecule has 0 atom stereocenters. The van der Waals surface area contributed by atoms with Crippen LogP contribution in [0, 0.1) is 0 Å². The van der Waals surface area contributed by atoms with Crippen molar-refractivity contribution in [3.8, 4) is 11.5 Å². The van der Waals surface area contributed by atoms with Crippen LogP contribution in [-0.4, -0.2) is 96.6 Å². The first-order chi connectivity index (χ1) is 29.6. The normalized spacial score (nSPS) is 15.3. The zero-order chi connectivity index (χ0) is 52.5. The van der Waals surface area contributed by atoms with Gasteiger partial charge in [0.05, 0.1) is 0 Å². The highest BCUT2D eigenvalue weighted by atomic mass is 31.1. The highest BCUT2D eigenvalue weighted by molar-refractivity contribution is 7.79. The Morgan fingerprint density at radius 1 is 0.269 bits per heavy atom. The second-order valence-electron chi connectivity index (χ2n) is 13.4. The van der Waals surface area contributed by atoms with E-state index in [9.17, 15) is 132 Å². The van der Waals surface area contributed by atoms with Gasteiger partial charge in [-0.3, -0.25) is 0 Å². The van der Waals surface area contributed by atoms with Crippen molar-refractivity contribution in [1.29, 1.82) is 0 Å². The maximum absolute atomic E-state index is 14.3. The van der Waals surface area contributed by atoms with E-state index < -0.39 is 116 Å². The van der Waals surface area contributed by atoms with Gasteiger partial charge in [-0.05, 0) is 48.1 Å². The van der Waals surface area contributed by atoms with E-state index in [1.165, 1.54) is 30.3 Å². The van der Waals surface area contributed by atoms with Crippen molar-refractivity contribution in [2.75, 3.05) is 13.2 Å². The maximum atomic E-state index is 14.3. The van der Waals surface area contributed by atoms with E-state index in [2.05, 4.69) is 9.47 Å². The van der Waals surface area contributed by atoms with Crippen LogP contribution in [-0.2, 0) is 0 Å². The molecule has 0 saturated heterocycles. The smallest absolute Gasteiger partial charge is 0.460 e. The topological polar surface area (TPSA) is 18.5 Å². The zero-order valence-electron chi connectivity index (χ0n) is 31.0. The predicted molar refractivity (Wildman–Crippen MR) is 168 cm³/mol. The molecule has 67 heavy (non-hydrogen) atoms. The average Bonchev–Trinajstić information content (AvgIpc) is 3.19. The SMILES string of the molecule is FC(F)(F)C(F)(F)C(F)(F)C(F)(F)C(F)(F)C(F)(F)C(F)(F)COc1ccc(P(c2ccccc2)c2ccc(OCC(F)(F)C(F)(F)C(F)(F)C(F)(F)C(F)(F)C(F)(F)C(F)(F)F)cc2)cc1. The molecule has 0 aliphatic rings. The van der Waals surface area contributed by atoms with Crippen molar-refractivity contribution in [3.63, 3.8) is 0 Å². The van der Waals surface area contributed by atoms with E-state index in [-0.39, 0.29) is 15.9 Å². The number of hydrogen-bond acceptors (Lipinski definition) is 2. The predicted octanol–water partition coefficient (Wildman–Crippen LogP) is 13.0. The van der Waals surface area contributed by atoms with Gasteiger partial charge in [-0.1, -0.05) is 54.6 Å². The van der Waals surface area contributed by atoms with Crippen LogP contribution >= 0.6 is 7.92 Å². The Morgan fingerprint density at radius 2 is 0.493 bits per heavy atom. The summed E-state index contributed by atoms with van der Waals surface area (Å²) in [6.45, 7) is -6.40. The first-order valence-corrected chi connectivity index (χ1v) is 17.9. The van der Waals surface area contributed by atoms with Crippen LogP contribution in [0.25, 0.3) is 0 Å². The standard InChI is InChI=1S/C34H17F30O2P/c35-21(36,23(39,40)25(43,44)27(47,48)29(51,52)31(55,56)33(59,60)61)14-65-16-6-10-19(11-7-16)67(18-4-2-1-3-5-18)20-12-8-17(9-13-20)66-15-22(37,38)24(41,42)26(45,46)28(49,50)30(53,54)32(57,58)34(62,63)64/h1-13H,14-15H2. The van der Waals surface area contributed by atoms with E-state index in [0.29, 0.717) is 24.3 Å². The van der Waals surface area contributed by atoms with Gasteiger partial charge in [0.2, 0.25) is 0 Å². The first kappa shape index (κ1) is 56.9. The lowest BCUT2D eigenvalue weighted by molar-refractivity contribution is -0.453. The Balaban J connectivity index is 1.89. The van der Waals surface area contributed by atoms with Gasteiger partial charge >= 0.3 is 83.4 Å². The third-order valence-corrected chi connectivity index (χ3v) is 11.3. The highest BCUT2D eigenvalue weighted by Gasteiger charge is 2.95. The van der Waals surface area contributed by atoms with Gasteiger partial charge in [0.1, 0.15) is 11.5 Å². The quantitative estimate of drug-likeness (QED) is 0.0880. The second kappa shape index (κ2) is 17.2. The van der Waals surface area contributed by atoms with Crippen molar-refractivity contribution < 1.29 is 141 Å². The molecule has 0 aliphatic heterocycles. The summed E-state index contributed by atoms with van der Waals surface area (Å²) in [7, 11) is -2.12. The Labute approximate surface area is 352 Å². The van der Waals surface area contributed by atoms with E-state index in [4.69, 9.17) is 0 Å². The van der Waals surface area contributed by atoms with Gasteiger partial charge in [0.15, 0.2) is 13.2 Å². The minimum Gasteiger partial charge on any atom is -0.487 e. The Bertz CT molecular complexity index is 2010. The van der Waals surface area contributed by atoms with Gasteiger partial charge in [-0.2, -0.15) is 132 Å². The minimum atomic E-state index is -8.55. The van der Waals surface area contributed by atoms with Crippen LogP contribution in [0.5, 0.6) is 11.5 Å².